The molecule has 0 aliphatic heterocycles. The van der Waals surface area contributed by atoms with Gasteiger partial charge >= 0.3 is 5.97 Å². The van der Waals surface area contributed by atoms with Crippen LogP contribution in [0.25, 0.3) is 0 Å². The van der Waals surface area contributed by atoms with Gasteiger partial charge < -0.3 is 5.11 Å². The van der Waals surface area contributed by atoms with Crippen molar-refractivity contribution in [3.05, 3.63) is 0 Å². The molecule has 1 saturated carbocycles. The maximum absolute atomic E-state index is 10.8. The molecule has 0 aromatic heterocycles. The lowest BCUT2D eigenvalue weighted by Crippen LogP contribution is -2.09. The van der Waals surface area contributed by atoms with Crippen molar-refractivity contribution in [1.82, 2.24) is 0 Å². The van der Waals surface area contributed by atoms with Crippen molar-refractivity contribution in [2.45, 2.75) is 31.5 Å². The number of rotatable bonds is 3. The first-order valence-electron chi connectivity index (χ1n) is 4.27. The molecule has 0 bridgehead atoms. The summed E-state index contributed by atoms with van der Waals surface area (Å²) in [5, 5.41) is 8.87. The van der Waals surface area contributed by atoms with Crippen LogP contribution in [-0.2, 0) is 4.79 Å². The number of hydrogen-bond donors (Lipinski definition) is 1. The summed E-state index contributed by atoms with van der Waals surface area (Å²) >= 11 is 11.7. The zero-order chi connectivity index (χ0) is 10.4. The molecule has 1 aliphatic rings. The summed E-state index contributed by atoms with van der Waals surface area (Å²) in [4.78, 5) is 10.8. The highest BCUT2D eigenvalue weighted by molar-refractivity contribution is 6.48. The molecular weight excluding hydrogens is 211 g/mol. The van der Waals surface area contributed by atoms with Crippen LogP contribution < -0.4 is 0 Å². The van der Waals surface area contributed by atoms with Crippen LogP contribution in [0.2, 0.25) is 0 Å². The van der Waals surface area contributed by atoms with Crippen molar-refractivity contribution in [3.8, 4) is 0 Å². The smallest absolute Gasteiger partial charge is 0.307 e. The zero-order valence-corrected chi connectivity index (χ0v) is 9.49. The topological polar surface area (TPSA) is 37.3 Å². The van der Waals surface area contributed by atoms with Gasteiger partial charge in [-0.15, -0.1) is 23.2 Å². The molecule has 1 N–H and O–H groups in total. The van der Waals surface area contributed by atoms with Crippen molar-refractivity contribution in [2.75, 3.05) is 0 Å². The predicted molar refractivity (Wildman–Crippen MR) is 53.1 cm³/mol. The third-order valence-corrected chi connectivity index (χ3v) is 3.20. The fraction of sp³-hybridized carbons (Fsp3) is 0.889. The zero-order valence-electron chi connectivity index (χ0n) is 7.97. The van der Waals surface area contributed by atoms with Gasteiger partial charge in [-0.05, 0) is 24.7 Å². The normalized spacial score (nSPS) is 31.5. The van der Waals surface area contributed by atoms with Gasteiger partial charge in [0.2, 0.25) is 0 Å². The van der Waals surface area contributed by atoms with E-state index in [4.69, 9.17) is 28.3 Å². The van der Waals surface area contributed by atoms with E-state index in [1.165, 1.54) is 0 Å². The maximum atomic E-state index is 10.8. The molecule has 4 heteroatoms. The summed E-state index contributed by atoms with van der Waals surface area (Å²) < 4.78 is -0.813. The van der Waals surface area contributed by atoms with E-state index < -0.39 is 10.3 Å². The van der Waals surface area contributed by atoms with Crippen LogP contribution in [0.4, 0.5) is 0 Å². The molecule has 0 aromatic rings. The standard InChI is InChI=1S/C9H14Cl2O2/c1-8(2)5(4-9(3,10)11)6(8)7(12)13/h5-6H,4H2,1-3H3,(H,12,13)/t5-,6+/m1/s1. The maximum Gasteiger partial charge on any atom is 0.307 e. The van der Waals surface area contributed by atoms with Crippen LogP contribution >= 0.6 is 23.2 Å². The van der Waals surface area contributed by atoms with Gasteiger partial charge in [-0.3, -0.25) is 4.79 Å². The monoisotopic (exact) mass is 224 g/mol. The number of carboxylic acid groups (broad SMARTS) is 1. The van der Waals surface area contributed by atoms with Crippen molar-refractivity contribution in [3.63, 3.8) is 0 Å². The average molecular weight is 225 g/mol. The molecule has 76 valence electrons. The van der Waals surface area contributed by atoms with Gasteiger partial charge in [0.15, 0.2) is 0 Å². The molecule has 1 aliphatic carbocycles. The number of carboxylic acids is 1. The fourth-order valence-electron chi connectivity index (χ4n) is 2.00. The molecule has 0 radical (unpaired) electrons. The lowest BCUT2D eigenvalue weighted by molar-refractivity contribution is -0.139. The van der Waals surface area contributed by atoms with Crippen LogP contribution in [0, 0.1) is 17.3 Å². The first kappa shape index (κ1) is 11.1. The van der Waals surface area contributed by atoms with Gasteiger partial charge in [0.1, 0.15) is 4.33 Å². The van der Waals surface area contributed by atoms with Gasteiger partial charge in [0.25, 0.3) is 0 Å². The lowest BCUT2D eigenvalue weighted by atomic mass is 10.1. The third kappa shape index (κ3) is 2.29. The third-order valence-electron chi connectivity index (χ3n) is 2.89. The molecular formula is C9H14Cl2O2. The van der Waals surface area contributed by atoms with E-state index in [1.807, 2.05) is 13.8 Å². The Morgan fingerprint density at radius 2 is 2.00 bits per heavy atom. The second-order valence-electron chi connectivity index (χ2n) is 4.52. The summed E-state index contributed by atoms with van der Waals surface area (Å²) in [6.45, 7) is 5.58. The first-order valence-corrected chi connectivity index (χ1v) is 5.02. The molecule has 0 unspecified atom stereocenters. The van der Waals surface area contributed by atoms with E-state index in [0.717, 1.165) is 0 Å². The lowest BCUT2D eigenvalue weighted by Gasteiger charge is -2.13. The fourth-order valence-corrected chi connectivity index (χ4v) is 2.33. The Balaban J connectivity index is 2.61. The van der Waals surface area contributed by atoms with Gasteiger partial charge in [0, 0.05) is 0 Å². The highest BCUT2D eigenvalue weighted by Gasteiger charge is 2.62. The van der Waals surface area contributed by atoms with Crippen LogP contribution in [0.5, 0.6) is 0 Å². The van der Waals surface area contributed by atoms with Crippen LogP contribution in [-0.4, -0.2) is 15.4 Å². The SMILES string of the molecule is CC(Cl)(Cl)C[C@@H]1[C@@H](C(=O)O)C1(C)C. The van der Waals surface area contributed by atoms with E-state index in [1.54, 1.807) is 6.92 Å². The number of halogens is 2. The Morgan fingerprint density at radius 1 is 1.54 bits per heavy atom. The summed E-state index contributed by atoms with van der Waals surface area (Å²) in [7, 11) is 0. The van der Waals surface area contributed by atoms with Gasteiger partial charge in [-0.2, -0.15) is 0 Å². The molecule has 0 saturated heterocycles. The van der Waals surface area contributed by atoms with E-state index in [9.17, 15) is 4.79 Å². The molecule has 0 spiro atoms. The van der Waals surface area contributed by atoms with Crippen molar-refractivity contribution < 1.29 is 9.90 Å². The molecule has 0 heterocycles. The Kier molecular flexibility index (Phi) is 2.59. The van der Waals surface area contributed by atoms with Crippen LogP contribution in [0.1, 0.15) is 27.2 Å². The van der Waals surface area contributed by atoms with E-state index >= 15 is 0 Å². The predicted octanol–water partition coefficient (Wildman–Crippen LogP) is 2.93. The summed E-state index contributed by atoms with van der Waals surface area (Å²) in [5.41, 5.74) is -0.156. The average Bonchev–Trinajstić information content (AvgIpc) is 2.28. The van der Waals surface area contributed by atoms with Gasteiger partial charge in [-0.1, -0.05) is 13.8 Å². The van der Waals surface area contributed by atoms with Gasteiger partial charge in [-0.25, -0.2) is 0 Å². The molecule has 13 heavy (non-hydrogen) atoms. The van der Waals surface area contributed by atoms with Gasteiger partial charge in [0.05, 0.1) is 5.92 Å². The molecule has 1 fully saturated rings. The minimum Gasteiger partial charge on any atom is -0.481 e. The van der Waals surface area contributed by atoms with E-state index in [0.29, 0.717) is 6.42 Å². The molecule has 1 rings (SSSR count). The molecule has 2 atom stereocenters. The first-order chi connectivity index (χ1) is 5.66. The number of carbonyl (C=O) groups is 1. The Hall–Kier alpha value is 0.0500. The minimum atomic E-state index is -0.813. The summed E-state index contributed by atoms with van der Waals surface area (Å²) in [5.74, 6) is -0.929. The van der Waals surface area contributed by atoms with Crippen molar-refractivity contribution >= 4 is 29.2 Å². The van der Waals surface area contributed by atoms with E-state index in [2.05, 4.69) is 0 Å². The van der Waals surface area contributed by atoms with Crippen molar-refractivity contribution in [1.29, 1.82) is 0 Å². The quantitative estimate of drug-likeness (QED) is 0.749. The number of aliphatic carboxylic acids is 1. The largest absolute Gasteiger partial charge is 0.481 e. The number of hydrogen-bond acceptors (Lipinski definition) is 1. The summed E-state index contributed by atoms with van der Waals surface area (Å²) in [6, 6.07) is 0. The second kappa shape index (κ2) is 3.03. The summed E-state index contributed by atoms with van der Waals surface area (Å²) in [6.07, 6.45) is 0.542. The van der Waals surface area contributed by atoms with Crippen LogP contribution in [0.3, 0.4) is 0 Å². The number of alkyl halides is 2. The van der Waals surface area contributed by atoms with E-state index in [-0.39, 0.29) is 17.3 Å². The molecule has 0 amide bonds. The van der Waals surface area contributed by atoms with Crippen LogP contribution in [0.15, 0.2) is 0 Å². The Bertz CT molecular complexity index is 230. The Morgan fingerprint density at radius 3 is 2.23 bits per heavy atom. The van der Waals surface area contributed by atoms with Crippen molar-refractivity contribution in [2.24, 2.45) is 17.3 Å². The second-order valence-corrected chi connectivity index (χ2v) is 6.38. The minimum absolute atomic E-state index is 0.102. The highest BCUT2D eigenvalue weighted by Crippen LogP contribution is 2.62. The molecule has 2 nitrogen and oxygen atoms in total. The molecule has 0 aromatic carbocycles. The Labute approximate surface area is 88.2 Å². The highest BCUT2D eigenvalue weighted by atomic mass is 35.5.